The van der Waals surface area contributed by atoms with Crippen LogP contribution in [0.3, 0.4) is 0 Å². The quantitative estimate of drug-likeness (QED) is 0.880. The van der Waals surface area contributed by atoms with E-state index < -0.39 is 0 Å². The highest BCUT2D eigenvalue weighted by atomic mass is 35.5. The van der Waals surface area contributed by atoms with Gasteiger partial charge in [-0.1, -0.05) is 23.2 Å². The minimum absolute atomic E-state index is 0. The number of hydrogen-bond acceptors (Lipinski definition) is 3. The molecule has 1 aliphatic heterocycles. The van der Waals surface area contributed by atoms with Crippen molar-refractivity contribution >= 4 is 47.4 Å². The molecule has 2 rings (SSSR count). The van der Waals surface area contributed by atoms with Crippen LogP contribution in [0.1, 0.15) is 10.4 Å². The van der Waals surface area contributed by atoms with Gasteiger partial charge in [0.05, 0.1) is 17.1 Å². The smallest absolute Gasteiger partial charge is 0.255 e. The number of nitrogens with two attached hydrogens (primary N) is 1. The van der Waals surface area contributed by atoms with Gasteiger partial charge in [-0.05, 0) is 18.2 Å². The summed E-state index contributed by atoms with van der Waals surface area (Å²) in [6.45, 7) is 1.90. The highest BCUT2D eigenvalue weighted by Crippen LogP contribution is 2.22. The van der Waals surface area contributed by atoms with E-state index in [2.05, 4.69) is 0 Å². The van der Waals surface area contributed by atoms with Crippen LogP contribution in [0, 0.1) is 0 Å². The number of halogens is 3. The summed E-state index contributed by atoms with van der Waals surface area (Å²) in [5, 5.41) is 0.842. The number of piperazine rings is 1. The third-order valence-corrected chi connectivity index (χ3v) is 3.82. The van der Waals surface area contributed by atoms with Crippen molar-refractivity contribution < 1.29 is 9.59 Å². The largest absolute Gasteiger partial charge is 0.338 e. The number of hydrogen-bond donors (Lipinski definition) is 1. The molecule has 0 radical (unpaired) electrons. The maximum absolute atomic E-state index is 12.4. The fourth-order valence-electron chi connectivity index (χ4n) is 2.12. The fourth-order valence-corrected chi connectivity index (χ4v) is 2.49. The Morgan fingerprint density at radius 1 is 1.10 bits per heavy atom. The van der Waals surface area contributed by atoms with Gasteiger partial charge in [-0.25, -0.2) is 0 Å². The van der Waals surface area contributed by atoms with E-state index in [1.807, 2.05) is 0 Å². The summed E-state index contributed by atoms with van der Waals surface area (Å²) in [6.07, 6.45) is 0. The number of carbonyl (C=O) groups is 2. The monoisotopic (exact) mass is 351 g/mol. The van der Waals surface area contributed by atoms with Crippen molar-refractivity contribution in [3.63, 3.8) is 0 Å². The molecular weight excluding hydrogens is 337 g/mol. The van der Waals surface area contributed by atoms with E-state index in [4.69, 9.17) is 28.9 Å². The van der Waals surface area contributed by atoms with Gasteiger partial charge in [-0.15, -0.1) is 12.4 Å². The molecule has 5 nitrogen and oxygen atoms in total. The Balaban J connectivity index is 0.00000220. The van der Waals surface area contributed by atoms with E-state index in [0.29, 0.717) is 41.8 Å². The Hall–Kier alpha value is -1.01. The summed E-state index contributed by atoms with van der Waals surface area (Å²) in [6, 6.07) is 4.80. The van der Waals surface area contributed by atoms with Gasteiger partial charge < -0.3 is 15.5 Å². The van der Waals surface area contributed by atoms with Crippen LogP contribution in [0.2, 0.25) is 10.0 Å². The second-order valence-electron chi connectivity index (χ2n) is 4.50. The minimum atomic E-state index is -0.169. The van der Waals surface area contributed by atoms with Crippen molar-refractivity contribution in [2.45, 2.75) is 0 Å². The van der Waals surface area contributed by atoms with E-state index in [1.165, 1.54) is 0 Å². The number of benzene rings is 1. The van der Waals surface area contributed by atoms with E-state index in [1.54, 1.807) is 28.0 Å². The van der Waals surface area contributed by atoms with Crippen molar-refractivity contribution in [3.8, 4) is 0 Å². The molecular formula is C13H16Cl3N3O2. The topological polar surface area (TPSA) is 66.6 Å². The Morgan fingerprint density at radius 2 is 1.67 bits per heavy atom. The highest BCUT2D eigenvalue weighted by molar-refractivity contribution is 6.35. The van der Waals surface area contributed by atoms with Gasteiger partial charge in [0.25, 0.3) is 5.91 Å². The average molecular weight is 353 g/mol. The maximum Gasteiger partial charge on any atom is 0.255 e. The Labute approximate surface area is 139 Å². The molecule has 0 aromatic heterocycles. The van der Waals surface area contributed by atoms with Crippen LogP contribution in [0.5, 0.6) is 0 Å². The molecule has 2 N–H and O–H groups in total. The van der Waals surface area contributed by atoms with Crippen LogP contribution in [-0.4, -0.2) is 54.3 Å². The van der Waals surface area contributed by atoms with E-state index in [-0.39, 0.29) is 30.8 Å². The van der Waals surface area contributed by atoms with Gasteiger partial charge in [0.1, 0.15) is 0 Å². The summed E-state index contributed by atoms with van der Waals surface area (Å²) in [4.78, 5) is 27.2. The molecule has 0 saturated carbocycles. The van der Waals surface area contributed by atoms with Gasteiger partial charge in [0.15, 0.2) is 0 Å². The first-order valence-corrected chi connectivity index (χ1v) is 7.00. The summed E-state index contributed by atoms with van der Waals surface area (Å²) < 4.78 is 0. The van der Waals surface area contributed by atoms with Crippen LogP contribution < -0.4 is 5.73 Å². The van der Waals surface area contributed by atoms with Crippen LogP contribution in [0.15, 0.2) is 18.2 Å². The van der Waals surface area contributed by atoms with Crippen LogP contribution in [0.25, 0.3) is 0 Å². The molecule has 0 atom stereocenters. The molecule has 8 heteroatoms. The lowest BCUT2D eigenvalue weighted by Crippen LogP contribution is -2.51. The van der Waals surface area contributed by atoms with Crippen LogP contribution >= 0.6 is 35.6 Å². The molecule has 0 bridgehead atoms. The molecule has 1 aliphatic rings. The molecule has 21 heavy (non-hydrogen) atoms. The lowest BCUT2D eigenvalue weighted by Gasteiger charge is -2.34. The molecule has 1 aromatic carbocycles. The normalized spacial score (nSPS) is 14.6. The molecule has 0 spiro atoms. The third kappa shape index (κ3) is 4.23. The lowest BCUT2D eigenvalue weighted by atomic mass is 10.1. The van der Waals surface area contributed by atoms with Gasteiger partial charge >= 0.3 is 0 Å². The number of rotatable bonds is 2. The van der Waals surface area contributed by atoms with Gasteiger partial charge in [0.2, 0.25) is 5.91 Å². The zero-order chi connectivity index (χ0) is 14.7. The molecule has 1 saturated heterocycles. The first kappa shape index (κ1) is 18.0. The van der Waals surface area contributed by atoms with Gasteiger partial charge in [0, 0.05) is 31.2 Å². The van der Waals surface area contributed by atoms with Gasteiger partial charge in [-0.2, -0.15) is 0 Å². The van der Waals surface area contributed by atoms with Gasteiger partial charge in [-0.3, -0.25) is 9.59 Å². The summed E-state index contributed by atoms with van der Waals surface area (Å²) in [5.74, 6) is -0.268. The highest BCUT2D eigenvalue weighted by Gasteiger charge is 2.25. The molecule has 1 fully saturated rings. The summed E-state index contributed by atoms with van der Waals surface area (Å²) in [7, 11) is 0. The minimum Gasteiger partial charge on any atom is -0.338 e. The standard InChI is InChI=1S/C13H15Cl2N3O2.ClH/c14-9-1-2-11(15)10(7-9)13(20)18-5-3-17(4-6-18)12(19)8-16;/h1-2,7H,3-6,8,16H2;1H. The SMILES string of the molecule is Cl.NCC(=O)N1CCN(C(=O)c2cc(Cl)ccc2Cl)CC1. The van der Waals surface area contributed by atoms with Crippen LogP contribution in [-0.2, 0) is 4.79 Å². The van der Waals surface area contributed by atoms with Crippen LogP contribution in [0.4, 0.5) is 0 Å². The molecule has 1 aromatic rings. The molecule has 0 aliphatic carbocycles. The maximum atomic E-state index is 12.4. The zero-order valence-corrected chi connectivity index (χ0v) is 13.5. The third-order valence-electron chi connectivity index (χ3n) is 3.25. The van der Waals surface area contributed by atoms with E-state index in [0.717, 1.165) is 0 Å². The predicted molar refractivity (Wildman–Crippen MR) is 85.2 cm³/mol. The Kier molecular flexibility index (Phi) is 6.74. The fraction of sp³-hybridized carbons (Fsp3) is 0.385. The van der Waals surface area contributed by atoms with E-state index >= 15 is 0 Å². The first-order valence-electron chi connectivity index (χ1n) is 6.25. The number of nitrogens with zero attached hydrogens (tertiary/aromatic N) is 2. The molecule has 1 heterocycles. The molecule has 116 valence electrons. The second-order valence-corrected chi connectivity index (χ2v) is 5.34. The molecule has 0 unspecified atom stereocenters. The lowest BCUT2D eigenvalue weighted by molar-refractivity contribution is -0.131. The second kappa shape index (κ2) is 7.84. The van der Waals surface area contributed by atoms with Crippen molar-refractivity contribution in [3.05, 3.63) is 33.8 Å². The van der Waals surface area contributed by atoms with Crippen molar-refractivity contribution in [1.82, 2.24) is 9.80 Å². The summed E-state index contributed by atoms with van der Waals surface area (Å²) in [5.41, 5.74) is 5.71. The number of amides is 2. The number of carbonyl (C=O) groups excluding carboxylic acids is 2. The first-order chi connectivity index (χ1) is 9.52. The van der Waals surface area contributed by atoms with Crippen molar-refractivity contribution in [1.29, 1.82) is 0 Å². The van der Waals surface area contributed by atoms with Crippen molar-refractivity contribution in [2.24, 2.45) is 5.73 Å². The summed E-state index contributed by atoms with van der Waals surface area (Å²) >= 11 is 11.9. The van der Waals surface area contributed by atoms with Crippen molar-refractivity contribution in [2.75, 3.05) is 32.7 Å². The Morgan fingerprint density at radius 3 is 2.24 bits per heavy atom. The zero-order valence-electron chi connectivity index (χ0n) is 11.2. The Bertz CT molecular complexity index is 531. The molecule has 2 amide bonds. The predicted octanol–water partition coefficient (Wildman–Crippen LogP) is 1.66. The van der Waals surface area contributed by atoms with E-state index in [9.17, 15) is 9.59 Å². The average Bonchev–Trinajstić information content (AvgIpc) is 2.48.